The Balaban J connectivity index is 1.62. The Labute approximate surface area is 162 Å². The Morgan fingerprint density at radius 2 is 1.96 bits per heavy atom. The molecule has 2 heterocycles. The van der Waals surface area contributed by atoms with Crippen LogP contribution >= 0.6 is 23.2 Å². The minimum absolute atomic E-state index is 0.0180. The molecule has 4 rings (SSSR count). The molecule has 136 valence electrons. The molecule has 1 aromatic heterocycles. The SMILES string of the molecule is OCC1c2[nH]c3ccc(Cl)cc3c2CCN1CC(O)c1cccc(Cl)c1. The summed E-state index contributed by atoms with van der Waals surface area (Å²) in [5.74, 6) is 0. The van der Waals surface area contributed by atoms with Gasteiger partial charge in [0.2, 0.25) is 0 Å². The summed E-state index contributed by atoms with van der Waals surface area (Å²) in [6, 6.07) is 12.9. The van der Waals surface area contributed by atoms with Crippen molar-refractivity contribution in [2.45, 2.75) is 18.6 Å². The summed E-state index contributed by atoms with van der Waals surface area (Å²) in [4.78, 5) is 5.55. The van der Waals surface area contributed by atoms with Gasteiger partial charge in [0.05, 0.1) is 18.8 Å². The zero-order chi connectivity index (χ0) is 18.3. The van der Waals surface area contributed by atoms with Gasteiger partial charge in [0, 0.05) is 39.7 Å². The topological polar surface area (TPSA) is 59.5 Å². The van der Waals surface area contributed by atoms with Crippen LogP contribution in [0, 0.1) is 0 Å². The molecule has 2 unspecified atom stereocenters. The largest absolute Gasteiger partial charge is 0.394 e. The maximum Gasteiger partial charge on any atom is 0.0917 e. The number of aromatic nitrogens is 1. The number of benzene rings is 2. The van der Waals surface area contributed by atoms with Crippen LogP contribution in [0.15, 0.2) is 42.5 Å². The fourth-order valence-electron chi connectivity index (χ4n) is 3.86. The van der Waals surface area contributed by atoms with Crippen LogP contribution in [0.5, 0.6) is 0 Å². The second-order valence-corrected chi connectivity index (χ2v) is 7.59. The normalized spacial score (nSPS) is 18.8. The molecule has 0 fully saturated rings. The second-order valence-electron chi connectivity index (χ2n) is 6.72. The van der Waals surface area contributed by atoms with Crippen LogP contribution in [-0.2, 0) is 6.42 Å². The van der Waals surface area contributed by atoms with E-state index < -0.39 is 6.10 Å². The van der Waals surface area contributed by atoms with Gasteiger partial charge in [-0.2, -0.15) is 0 Å². The summed E-state index contributed by atoms with van der Waals surface area (Å²) < 4.78 is 0. The number of β-amino-alcohol motifs (C(OH)–C–C–N with tert-alkyl or cyclic N) is 1. The first-order valence-corrected chi connectivity index (χ1v) is 9.41. The van der Waals surface area contributed by atoms with Gasteiger partial charge in [-0.05, 0) is 47.9 Å². The van der Waals surface area contributed by atoms with E-state index in [1.807, 2.05) is 30.3 Å². The van der Waals surface area contributed by atoms with Crippen LogP contribution in [0.4, 0.5) is 0 Å². The van der Waals surface area contributed by atoms with Gasteiger partial charge < -0.3 is 15.2 Å². The van der Waals surface area contributed by atoms with E-state index in [-0.39, 0.29) is 12.6 Å². The maximum absolute atomic E-state index is 10.6. The molecule has 0 amide bonds. The second kappa shape index (κ2) is 7.22. The lowest BCUT2D eigenvalue weighted by Gasteiger charge is -2.36. The number of halogens is 2. The quantitative estimate of drug-likeness (QED) is 0.628. The van der Waals surface area contributed by atoms with Crippen LogP contribution in [-0.4, -0.2) is 39.8 Å². The molecule has 26 heavy (non-hydrogen) atoms. The van der Waals surface area contributed by atoms with E-state index >= 15 is 0 Å². The summed E-state index contributed by atoms with van der Waals surface area (Å²) >= 11 is 12.2. The third-order valence-corrected chi connectivity index (χ3v) is 5.61. The summed E-state index contributed by atoms with van der Waals surface area (Å²) in [5, 5.41) is 23.1. The van der Waals surface area contributed by atoms with Crippen molar-refractivity contribution in [3.63, 3.8) is 0 Å². The zero-order valence-corrected chi connectivity index (χ0v) is 15.6. The molecule has 1 aliphatic heterocycles. The first-order valence-electron chi connectivity index (χ1n) is 8.65. The average Bonchev–Trinajstić information content (AvgIpc) is 2.99. The number of nitrogens with one attached hydrogen (secondary N) is 1. The van der Waals surface area contributed by atoms with E-state index in [0.717, 1.165) is 35.1 Å². The highest BCUT2D eigenvalue weighted by molar-refractivity contribution is 6.31. The van der Waals surface area contributed by atoms with Crippen molar-refractivity contribution in [2.24, 2.45) is 0 Å². The fourth-order valence-corrected chi connectivity index (χ4v) is 4.23. The van der Waals surface area contributed by atoms with Crippen molar-refractivity contribution in [3.8, 4) is 0 Å². The Morgan fingerprint density at radius 3 is 2.73 bits per heavy atom. The van der Waals surface area contributed by atoms with Crippen LogP contribution in [0.1, 0.15) is 29.0 Å². The summed E-state index contributed by atoms with van der Waals surface area (Å²) in [7, 11) is 0. The third-order valence-electron chi connectivity index (χ3n) is 5.14. The molecule has 1 aliphatic rings. The molecule has 0 aliphatic carbocycles. The minimum atomic E-state index is -0.664. The van der Waals surface area contributed by atoms with Gasteiger partial charge in [-0.1, -0.05) is 35.3 Å². The van der Waals surface area contributed by atoms with Gasteiger partial charge in [0.1, 0.15) is 0 Å². The molecule has 3 aromatic rings. The molecule has 2 aromatic carbocycles. The lowest BCUT2D eigenvalue weighted by molar-refractivity contribution is 0.0548. The molecule has 3 N–H and O–H groups in total. The molecule has 4 nitrogen and oxygen atoms in total. The van der Waals surface area contributed by atoms with Crippen molar-refractivity contribution < 1.29 is 10.2 Å². The van der Waals surface area contributed by atoms with Crippen molar-refractivity contribution in [3.05, 3.63) is 69.3 Å². The van der Waals surface area contributed by atoms with Crippen LogP contribution in [0.3, 0.4) is 0 Å². The highest BCUT2D eigenvalue weighted by atomic mass is 35.5. The van der Waals surface area contributed by atoms with Gasteiger partial charge in [-0.3, -0.25) is 4.90 Å². The highest BCUT2D eigenvalue weighted by Gasteiger charge is 2.31. The fraction of sp³-hybridized carbons (Fsp3) is 0.300. The van der Waals surface area contributed by atoms with Crippen LogP contribution in [0.2, 0.25) is 10.0 Å². The number of nitrogens with zero attached hydrogens (tertiary/aromatic N) is 1. The van der Waals surface area contributed by atoms with Gasteiger partial charge in [-0.25, -0.2) is 0 Å². The lowest BCUT2D eigenvalue weighted by Crippen LogP contribution is -2.39. The van der Waals surface area contributed by atoms with E-state index in [1.54, 1.807) is 12.1 Å². The number of rotatable bonds is 4. The smallest absolute Gasteiger partial charge is 0.0917 e. The molecule has 0 saturated carbocycles. The zero-order valence-electron chi connectivity index (χ0n) is 14.1. The summed E-state index contributed by atoms with van der Waals surface area (Å²) in [6.45, 7) is 1.17. The van der Waals surface area contributed by atoms with Gasteiger partial charge in [0.15, 0.2) is 0 Å². The van der Waals surface area contributed by atoms with E-state index in [4.69, 9.17) is 23.2 Å². The Morgan fingerprint density at radius 1 is 1.15 bits per heavy atom. The van der Waals surface area contributed by atoms with Gasteiger partial charge in [-0.15, -0.1) is 0 Å². The number of hydrogen-bond acceptors (Lipinski definition) is 3. The van der Waals surface area contributed by atoms with Crippen molar-refractivity contribution in [1.82, 2.24) is 9.88 Å². The summed E-state index contributed by atoms with van der Waals surface area (Å²) in [5.41, 5.74) is 4.02. The van der Waals surface area contributed by atoms with Crippen LogP contribution in [0.25, 0.3) is 10.9 Å². The monoisotopic (exact) mass is 390 g/mol. The molecule has 6 heteroatoms. The number of H-pyrrole nitrogens is 1. The van der Waals surface area contributed by atoms with Crippen molar-refractivity contribution in [1.29, 1.82) is 0 Å². The van der Waals surface area contributed by atoms with E-state index in [9.17, 15) is 10.2 Å². The predicted octanol–water partition coefficient (Wildman–Crippen LogP) is 4.10. The number of aliphatic hydroxyl groups is 2. The molecule has 0 bridgehead atoms. The first kappa shape index (κ1) is 17.8. The molecule has 0 saturated heterocycles. The van der Waals surface area contributed by atoms with Crippen molar-refractivity contribution in [2.75, 3.05) is 19.7 Å². The van der Waals surface area contributed by atoms with E-state index in [2.05, 4.69) is 9.88 Å². The maximum atomic E-state index is 10.6. The number of hydrogen-bond donors (Lipinski definition) is 3. The molecular formula is C20H20Cl2N2O2. The minimum Gasteiger partial charge on any atom is -0.394 e. The Hall–Kier alpha value is -1.56. The van der Waals surface area contributed by atoms with E-state index in [0.29, 0.717) is 16.6 Å². The molecular weight excluding hydrogens is 371 g/mol. The predicted molar refractivity (Wildman–Crippen MR) is 105 cm³/mol. The highest BCUT2D eigenvalue weighted by Crippen LogP contribution is 2.36. The lowest BCUT2D eigenvalue weighted by atomic mass is 9.96. The molecule has 0 spiro atoms. The van der Waals surface area contributed by atoms with E-state index in [1.165, 1.54) is 5.56 Å². The first-order chi connectivity index (χ1) is 12.6. The summed E-state index contributed by atoms with van der Waals surface area (Å²) in [6.07, 6.45) is 0.178. The standard InChI is InChI=1S/C20H20Cl2N2O2/c21-13-3-1-2-12(8-13)19(26)10-24-7-6-15-16-9-14(22)4-5-17(16)23-20(15)18(24)11-25/h1-5,8-9,18-19,23,25-26H,6-7,10-11H2. The van der Waals surface area contributed by atoms with Crippen molar-refractivity contribution >= 4 is 34.1 Å². The third kappa shape index (κ3) is 3.24. The van der Waals surface area contributed by atoms with Gasteiger partial charge >= 0.3 is 0 Å². The molecule has 0 radical (unpaired) electrons. The Kier molecular flexibility index (Phi) is 4.95. The number of fused-ring (bicyclic) bond motifs is 3. The Bertz CT molecular complexity index is 941. The molecule has 2 atom stereocenters. The number of aromatic amines is 1. The van der Waals surface area contributed by atoms with Crippen LogP contribution < -0.4 is 0 Å². The van der Waals surface area contributed by atoms with Gasteiger partial charge in [0.25, 0.3) is 0 Å². The number of aliphatic hydroxyl groups excluding tert-OH is 2. The average molecular weight is 391 g/mol.